The maximum atomic E-state index is 11.5. The monoisotopic (exact) mass is 209 g/mol. The van der Waals surface area contributed by atoms with Crippen molar-refractivity contribution in [3.8, 4) is 0 Å². The van der Waals surface area contributed by atoms with Crippen LogP contribution in [0, 0.1) is 0 Å². The number of halogens is 3. The van der Waals surface area contributed by atoms with Crippen molar-refractivity contribution < 1.29 is 27.2 Å². The average Bonchev–Trinajstić information content (AvgIpc) is 2.49. The van der Waals surface area contributed by atoms with Crippen LogP contribution < -0.4 is 0 Å². The third kappa shape index (κ3) is 3.92. The number of hydrogen-bond donors (Lipinski definition) is 0. The summed E-state index contributed by atoms with van der Waals surface area (Å²) in [5, 5.41) is 3.33. The second-order valence-electron chi connectivity index (χ2n) is 2.40. The van der Waals surface area contributed by atoms with Crippen molar-refractivity contribution in [1.82, 2.24) is 5.16 Å². The zero-order valence-corrected chi connectivity index (χ0v) is 6.87. The highest BCUT2D eigenvalue weighted by Gasteiger charge is 2.33. The Morgan fingerprint density at radius 2 is 2.29 bits per heavy atom. The molecular weight excluding hydrogens is 203 g/mol. The van der Waals surface area contributed by atoms with Crippen LogP contribution in [0.4, 0.5) is 13.2 Å². The summed E-state index contributed by atoms with van der Waals surface area (Å²) in [6, 6.07) is 1.46. The quantitative estimate of drug-likeness (QED) is 0.710. The Bertz CT molecular complexity index is 294. The zero-order chi connectivity index (χ0) is 10.6. The third-order valence-electron chi connectivity index (χ3n) is 1.30. The first-order chi connectivity index (χ1) is 6.47. The van der Waals surface area contributed by atoms with E-state index in [4.69, 9.17) is 0 Å². The summed E-state index contributed by atoms with van der Waals surface area (Å²) in [5.41, 5.74) is 0. The van der Waals surface area contributed by atoms with Crippen molar-refractivity contribution in [2.75, 3.05) is 0 Å². The predicted octanol–water partition coefficient (Wildman–Crippen LogP) is 1.67. The Kier molecular flexibility index (Phi) is 3.10. The van der Waals surface area contributed by atoms with Crippen LogP contribution in [-0.4, -0.2) is 17.5 Å². The third-order valence-corrected chi connectivity index (χ3v) is 1.30. The van der Waals surface area contributed by atoms with Gasteiger partial charge in [-0.25, -0.2) is 0 Å². The molecule has 0 atom stereocenters. The molecule has 4 nitrogen and oxygen atoms in total. The van der Waals surface area contributed by atoms with Crippen molar-refractivity contribution in [3.05, 3.63) is 18.0 Å². The Hall–Kier alpha value is -1.53. The number of nitrogens with zero attached hydrogens (tertiary/aromatic N) is 1. The normalized spacial score (nSPS) is 11.4. The highest BCUT2D eigenvalue weighted by molar-refractivity contribution is 5.69. The summed E-state index contributed by atoms with van der Waals surface area (Å²) >= 11 is 0. The lowest BCUT2D eigenvalue weighted by molar-refractivity contribution is -0.305. The van der Waals surface area contributed by atoms with Gasteiger partial charge in [-0.05, 0) is 0 Å². The zero-order valence-electron chi connectivity index (χ0n) is 6.87. The molecule has 0 spiro atoms. The molecule has 0 bridgehead atoms. The Morgan fingerprint density at radius 3 is 2.79 bits per heavy atom. The Balaban J connectivity index is 2.29. The number of aryl methyl sites for hydroxylation is 1. The largest absolute Gasteiger partial charge is 0.575 e. The van der Waals surface area contributed by atoms with E-state index in [9.17, 15) is 18.0 Å². The summed E-state index contributed by atoms with van der Waals surface area (Å²) in [6.45, 7) is 0. The van der Waals surface area contributed by atoms with Gasteiger partial charge in [0.25, 0.3) is 0 Å². The molecule has 1 heterocycles. The smallest absolute Gasteiger partial charge is 0.373 e. The molecule has 0 aliphatic rings. The van der Waals surface area contributed by atoms with Crippen LogP contribution in [0.5, 0.6) is 0 Å². The van der Waals surface area contributed by atoms with Gasteiger partial charge in [-0.15, -0.1) is 13.2 Å². The second kappa shape index (κ2) is 4.12. The molecule has 0 aliphatic heterocycles. The van der Waals surface area contributed by atoms with E-state index in [1.165, 1.54) is 12.3 Å². The number of esters is 1. The van der Waals surface area contributed by atoms with Crippen molar-refractivity contribution in [2.45, 2.75) is 19.2 Å². The fourth-order valence-corrected chi connectivity index (χ4v) is 0.776. The maximum absolute atomic E-state index is 11.5. The molecule has 14 heavy (non-hydrogen) atoms. The molecule has 0 aliphatic carbocycles. The minimum Gasteiger partial charge on any atom is -0.373 e. The molecule has 1 aromatic heterocycles. The molecule has 0 radical (unpaired) electrons. The molecule has 1 rings (SSSR count). The highest BCUT2D eigenvalue weighted by atomic mass is 19.4. The minimum atomic E-state index is -4.92. The lowest BCUT2D eigenvalue weighted by Crippen LogP contribution is -2.19. The minimum absolute atomic E-state index is 0.0366. The fraction of sp³-hybridized carbons (Fsp3) is 0.429. The highest BCUT2D eigenvalue weighted by Crippen LogP contribution is 2.17. The first kappa shape index (κ1) is 10.6. The molecule has 0 amide bonds. The molecular formula is C7H6F3NO3. The van der Waals surface area contributed by atoms with Crippen LogP contribution in [0.2, 0.25) is 0 Å². The molecule has 1 aromatic rings. The van der Waals surface area contributed by atoms with Gasteiger partial charge in [-0.1, -0.05) is 5.16 Å². The van der Waals surface area contributed by atoms with E-state index in [-0.39, 0.29) is 6.42 Å². The average molecular weight is 209 g/mol. The van der Waals surface area contributed by atoms with Gasteiger partial charge in [0.05, 0.1) is 12.6 Å². The summed E-state index contributed by atoms with van der Waals surface area (Å²) in [5.74, 6) is -1.00. The summed E-state index contributed by atoms with van der Waals surface area (Å²) < 4.78 is 42.2. The van der Waals surface area contributed by atoms with Crippen molar-refractivity contribution >= 4 is 5.97 Å². The molecule has 7 heteroatoms. The molecule has 0 fully saturated rings. The van der Waals surface area contributed by atoms with Gasteiger partial charge in [0, 0.05) is 12.5 Å². The predicted molar refractivity (Wildman–Crippen MR) is 37.0 cm³/mol. The van der Waals surface area contributed by atoms with Crippen molar-refractivity contribution in [2.24, 2.45) is 0 Å². The molecule has 0 N–H and O–H groups in total. The fourth-order valence-electron chi connectivity index (χ4n) is 0.776. The number of alkyl halides is 3. The van der Waals surface area contributed by atoms with Gasteiger partial charge in [0.1, 0.15) is 5.76 Å². The van der Waals surface area contributed by atoms with Gasteiger partial charge in [-0.2, -0.15) is 0 Å². The van der Waals surface area contributed by atoms with Crippen LogP contribution in [0.1, 0.15) is 12.2 Å². The summed E-state index contributed by atoms with van der Waals surface area (Å²) in [6.07, 6.45) is -3.94. The van der Waals surface area contributed by atoms with Gasteiger partial charge in [0.2, 0.25) is 0 Å². The number of rotatable bonds is 3. The summed E-state index contributed by atoms with van der Waals surface area (Å²) in [4.78, 5) is 10.5. The van der Waals surface area contributed by atoms with Gasteiger partial charge in [-0.3, -0.25) is 4.79 Å². The summed E-state index contributed by atoms with van der Waals surface area (Å²) in [7, 11) is 0. The van der Waals surface area contributed by atoms with Crippen LogP contribution in [0.15, 0.2) is 16.8 Å². The standard InChI is InChI=1S/C7H6F3NO3/c8-7(9,10)13-6(12)2-1-5-3-4-11-14-5/h3-4H,1-2H2. The number of aromatic nitrogens is 1. The molecule has 0 saturated heterocycles. The lowest BCUT2D eigenvalue weighted by atomic mass is 10.2. The SMILES string of the molecule is O=C(CCc1ccno1)OC(F)(F)F. The van der Waals surface area contributed by atoms with Crippen molar-refractivity contribution in [1.29, 1.82) is 0 Å². The van der Waals surface area contributed by atoms with Crippen molar-refractivity contribution in [3.63, 3.8) is 0 Å². The number of hydrogen-bond acceptors (Lipinski definition) is 4. The molecule has 78 valence electrons. The van der Waals surface area contributed by atoms with Crippen LogP contribution in [0.3, 0.4) is 0 Å². The first-order valence-electron chi connectivity index (χ1n) is 3.65. The van der Waals surface area contributed by atoms with E-state index >= 15 is 0 Å². The maximum Gasteiger partial charge on any atom is 0.575 e. The first-order valence-corrected chi connectivity index (χ1v) is 3.65. The number of carbonyl (C=O) groups excluding carboxylic acids is 1. The van der Waals surface area contributed by atoms with Crippen LogP contribution >= 0.6 is 0 Å². The van der Waals surface area contributed by atoms with E-state index < -0.39 is 18.8 Å². The Labute approximate surface area is 76.6 Å². The van der Waals surface area contributed by atoms with Crippen LogP contribution in [-0.2, 0) is 16.0 Å². The topological polar surface area (TPSA) is 52.3 Å². The Morgan fingerprint density at radius 1 is 1.57 bits per heavy atom. The lowest BCUT2D eigenvalue weighted by Gasteiger charge is -2.05. The molecule has 0 aromatic carbocycles. The van der Waals surface area contributed by atoms with E-state index in [2.05, 4.69) is 14.4 Å². The second-order valence-corrected chi connectivity index (χ2v) is 2.40. The van der Waals surface area contributed by atoms with E-state index in [1.54, 1.807) is 0 Å². The van der Waals surface area contributed by atoms with Gasteiger partial charge in [0.15, 0.2) is 0 Å². The van der Waals surface area contributed by atoms with Crippen LogP contribution in [0.25, 0.3) is 0 Å². The molecule has 0 saturated carbocycles. The van der Waals surface area contributed by atoms with Gasteiger partial charge < -0.3 is 9.26 Å². The number of ether oxygens (including phenoxy) is 1. The molecule has 0 unspecified atom stereocenters. The number of carbonyl (C=O) groups is 1. The van der Waals surface area contributed by atoms with E-state index in [0.29, 0.717) is 5.76 Å². The van der Waals surface area contributed by atoms with Gasteiger partial charge >= 0.3 is 12.3 Å². The van der Waals surface area contributed by atoms with E-state index in [1.807, 2.05) is 0 Å². The van der Waals surface area contributed by atoms with E-state index in [0.717, 1.165) is 0 Å².